The lowest BCUT2D eigenvalue weighted by atomic mass is 9.93. The van der Waals surface area contributed by atoms with Crippen LogP contribution in [0.4, 0.5) is 11.4 Å². The zero-order valence-corrected chi connectivity index (χ0v) is 27.5. The lowest BCUT2D eigenvalue weighted by Gasteiger charge is -2.36. The summed E-state index contributed by atoms with van der Waals surface area (Å²) in [7, 11) is 0. The third-order valence-corrected chi connectivity index (χ3v) is 10.3. The molecule has 0 saturated carbocycles. The largest absolute Gasteiger partial charge is 0.456 e. The standard InChI is InChI=1S/C48H33NO/c1-2-13-32(14-3-1)40-19-8-10-22-44(40)49(37-27-28-39-36(29-37)26-25-33-15-6-7-18-38(33)39)45-23-11-9-20-41(45)42-21-12-24-46-48(42)43-30-34-16-4-5-17-35(34)31-47(43)50-46/h1-26,28-31,37H,27H2. The zero-order valence-electron chi connectivity index (χ0n) is 27.5. The predicted molar refractivity (Wildman–Crippen MR) is 211 cm³/mol. The van der Waals surface area contributed by atoms with Crippen LogP contribution >= 0.6 is 0 Å². The van der Waals surface area contributed by atoms with Gasteiger partial charge in [-0.1, -0.05) is 152 Å². The fourth-order valence-electron chi connectivity index (χ4n) is 8.06. The maximum absolute atomic E-state index is 6.55. The number of benzene rings is 8. The third-order valence-electron chi connectivity index (χ3n) is 10.3. The van der Waals surface area contributed by atoms with E-state index in [-0.39, 0.29) is 6.04 Å². The van der Waals surface area contributed by atoms with Gasteiger partial charge in [0.15, 0.2) is 0 Å². The van der Waals surface area contributed by atoms with E-state index >= 15 is 0 Å². The van der Waals surface area contributed by atoms with Crippen LogP contribution in [-0.4, -0.2) is 6.04 Å². The molecular weight excluding hydrogens is 607 g/mol. The van der Waals surface area contributed by atoms with Crippen LogP contribution in [0.3, 0.4) is 0 Å². The molecule has 0 amide bonds. The van der Waals surface area contributed by atoms with E-state index < -0.39 is 0 Å². The molecule has 2 nitrogen and oxygen atoms in total. The molecule has 236 valence electrons. The summed E-state index contributed by atoms with van der Waals surface area (Å²) in [4.78, 5) is 2.57. The monoisotopic (exact) mass is 639 g/mol. The van der Waals surface area contributed by atoms with Crippen LogP contribution in [-0.2, 0) is 0 Å². The van der Waals surface area contributed by atoms with Gasteiger partial charge < -0.3 is 9.32 Å². The van der Waals surface area contributed by atoms with E-state index in [1.807, 2.05) is 0 Å². The lowest BCUT2D eigenvalue weighted by Crippen LogP contribution is -2.38. The van der Waals surface area contributed by atoms with Crippen molar-refractivity contribution < 1.29 is 4.42 Å². The van der Waals surface area contributed by atoms with Crippen molar-refractivity contribution in [3.63, 3.8) is 0 Å². The summed E-state index contributed by atoms with van der Waals surface area (Å²) in [5.74, 6) is 0. The maximum atomic E-state index is 6.55. The molecule has 1 unspecified atom stereocenters. The molecule has 9 aromatic rings. The SMILES string of the molecule is C1=c2ccc3ccccc3c2=CCC1N(c1ccccc1-c1ccccc1)c1ccccc1-c1cccc2oc3cc4ccccc4cc3c12. The smallest absolute Gasteiger partial charge is 0.136 e. The molecule has 1 aliphatic rings. The fraction of sp³-hybridized carbons (Fsp3) is 0.0417. The van der Waals surface area contributed by atoms with Crippen molar-refractivity contribution in [2.24, 2.45) is 0 Å². The number of rotatable bonds is 5. The van der Waals surface area contributed by atoms with Gasteiger partial charge in [-0.25, -0.2) is 0 Å². The van der Waals surface area contributed by atoms with Crippen LogP contribution in [0.1, 0.15) is 6.42 Å². The molecule has 50 heavy (non-hydrogen) atoms. The molecule has 1 aliphatic carbocycles. The molecule has 2 heteroatoms. The number of anilines is 2. The van der Waals surface area contributed by atoms with E-state index in [4.69, 9.17) is 4.42 Å². The van der Waals surface area contributed by atoms with E-state index in [1.165, 1.54) is 59.9 Å². The molecular formula is C48H33NO. The van der Waals surface area contributed by atoms with Gasteiger partial charge in [0, 0.05) is 33.3 Å². The summed E-state index contributed by atoms with van der Waals surface area (Å²) in [6, 6.07) is 61.3. The molecule has 0 N–H and O–H groups in total. The number of furan rings is 1. The van der Waals surface area contributed by atoms with Crippen LogP contribution in [0.15, 0.2) is 174 Å². The van der Waals surface area contributed by atoms with Gasteiger partial charge in [-0.05, 0) is 79.9 Å². The summed E-state index contributed by atoms with van der Waals surface area (Å²) in [5.41, 5.74) is 8.91. The van der Waals surface area contributed by atoms with Crippen LogP contribution in [0.25, 0.3) is 77.9 Å². The van der Waals surface area contributed by atoms with Gasteiger partial charge in [-0.3, -0.25) is 0 Å². The van der Waals surface area contributed by atoms with Crippen LogP contribution < -0.4 is 15.3 Å². The summed E-state index contributed by atoms with van der Waals surface area (Å²) < 4.78 is 6.55. The van der Waals surface area contributed by atoms with Crippen LogP contribution in [0.2, 0.25) is 0 Å². The first-order chi connectivity index (χ1) is 24.8. The minimum Gasteiger partial charge on any atom is -0.456 e. The topological polar surface area (TPSA) is 16.4 Å². The average molecular weight is 640 g/mol. The van der Waals surface area contributed by atoms with Crippen molar-refractivity contribution in [3.05, 3.63) is 180 Å². The van der Waals surface area contributed by atoms with Gasteiger partial charge in [0.1, 0.15) is 11.2 Å². The molecule has 10 rings (SSSR count). The highest BCUT2D eigenvalue weighted by molar-refractivity contribution is 6.16. The Morgan fingerprint density at radius 1 is 0.480 bits per heavy atom. The number of hydrogen-bond acceptors (Lipinski definition) is 2. The van der Waals surface area contributed by atoms with Gasteiger partial charge in [-0.2, -0.15) is 0 Å². The van der Waals surface area contributed by atoms with E-state index in [0.29, 0.717) is 0 Å². The van der Waals surface area contributed by atoms with Gasteiger partial charge in [0.25, 0.3) is 0 Å². The van der Waals surface area contributed by atoms with Crippen LogP contribution in [0.5, 0.6) is 0 Å². The van der Waals surface area contributed by atoms with Gasteiger partial charge in [0.2, 0.25) is 0 Å². The van der Waals surface area contributed by atoms with E-state index in [9.17, 15) is 0 Å². The van der Waals surface area contributed by atoms with Crippen molar-refractivity contribution in [2.75, 3.05) is 4.90 Å². The molecule has 0 spiro atoms. The number of hydrogen-bond donors (Lipinski definition) is 0. The quantitative estimate of drug-likeness (QED) is 0.186. The van der Waals surface area contributed by atoms with E-state index in [1.54, 1.807) is 0 Å². The first kappa shape index (κ1) is 28.6. The van der Waals surface area contributed by atoms with Gasteiger partial charge in [0.05, 0.1) is 6.04 Å². The highest BCUT2D eigenvalue weighted by atomic mass is 16.3. The molecule has 8 aromatic carbocycles. The van der Waals surface area contributed by atoms with Crippen molar-refractivity contribution in [1.29, 1.82) is 0 Å². The predicted octanol–water partition coefficient (Wildman–Crippen LogP) is 11.4. The Balaban J connectivity index is 1.23. The Kier molecular flexibility index (Phi) is 6.67. The Bertz CT molecular complexity index is 2860. The van der Waals surface area contributed by atoms with Crippen molar-refractivity contribution in [2.45, 2.75) is 12.5 Å². The Morgan fingerprint density at radius 3 is 1.98 bits per heavy atom. The number of para-hydroxylation sites is 2. The summed E-state index contributed by atoms with van der Waals surface area (Å²) >= 11 is 0. The lowest BCUT2D eigenvalue weighted by molar-refractivity contribution is 0.669. The molecule has 0 fully saturated rings. The second-order valence-electron chi connectivity index (χ2n) is 13.2. The van der Waals surface area contributed by atoms with E-state index in [2.05, 4.69) is 187 Å². The number of nitrogens with zero attached hydrogens (tertiary/aromatic N) is 1. The van der Waals surface area contributed by atoms with Crippen molar-refractivity contribution >= 4 is 67.0 Å². The molecule has 0 bridgehead atoms. The highest BCUT2D eigenvalue weighted by Gasteiger charge is 2.26. The van der Waals surface area contributed by atoms with Crippen LogP contribution in [0, 0.1) is 0 Å². The Labute approximate surface area is 290 Å². The summed E-state index contributed by atoms with van der Waals surface area (Å²) in [5, 5.41) is 9.86. The van der Waals surface area contributed by atoms with Crippen molar-refractivity contribution in [3.8, 4) is 22.3 Å². The number of fused-ring (bicyclic) bond motifs is 7. The molecule has 1 aromatic heterocycles. The zero-order chi connectivity index (χ0) is 33.0. The Hall–Kier alpha value is -6.38. The van der Waals surface area contributed by atoms with Gasteiger partial charge in [-0.15, -0.1) is 0 Å². The molecule has 0 radical (unpaired) electrons. The molecule has 0 aliphatic heterocycles. The normalized spacial score (nSPS) is 14.0. The first-order valence-corrected chi connectivity index (χ1v) is 17.4. The second-order valence-corrected chi connectivity index (χ2v) is 13.2. The van der Waals surface area contributed by atoms with Gasteiger partial charge >= 0.3 is 0 Å². The third kappa shape index (κ3) is 4.64. The summed E-state index contributed by atoms with van der Waals surface area (Å²) in [6.07, 6.45) is 5.79. The van der Waals surface area contributed by atoms with Crippen molar-refractivity contribution in [1.82, 2.24) is 0 Å². The highest BCUT2D eigenvalue weighted by Crippen LogP contribution is 2.45. The van der Waals surface area contributed by atoms with E-state index in [0.717, 1.165) is 34.0 Å². The summed E-state index contributed by atoms with van der Waals surface area (Å²) in [6.45, 7) is 0. The molecule has 1 atom stereocenters. The average Bonchev–Trinajstić information content (AvgIpc) is 3.55. The molecule has 0 saturated heterocycles. The molecule has 1 heterocycles. The Morgan fingerprint density at radius 2 is 1.14 bits per heavy atom. The first-order valence-electron chi connectivity index (χ1n) is 17.4. The maximum Gasteiger partial charge on any atom is 0.136 e. The minimum atomic E-state index is 0.0823. The fourth-order valence-corrected chi connectivity index (χ4v) is 8.06. The second kappa shape index (κ2) is 11.6. The minimum absolute atomic E-state index is 0.0823.